The summed E-state index contributed by atoms with van der Waals surface area (Å²) in [5.74, 6) is 0. The molecule has 0 unspecified atom stereocenters. The Morgan fingerprint density at radius 1 is 1.29 bits per heavy atom. The molecule has 2 aromatic rings. The highest BCUT2D eigenvalue weighted by Gasteiger charge is 2.07. The third-order valence-corrected chi connectivity index (χ3v) is 3.41. The second-order valence-electron chi connectivity index (χ2n) is 4.58. The minimum absolute atomic E-state index is 0.0421. The van der Waals surface area contributed by atoms with Crippen LogP contribution in [0.1, 0.15) is 18.1 Å². The molecule has 0 atom stereocenters. The predicted molar refractivity (Wildman–Crippen MR) is 85.1 cm³/mol. The zero-order chi connectivity index (χ0) is 15.4. The number of hydrogen-bond acceptors (Lipinski definition) is 4. The first-order valence-electron chi connectivity index (χ1n) is 6.28. The molecule has 2 aromatic carbocycles. The van der Waals surface area contributed by atoms with Gasteiger partial charge in [0.25, 0.3) is 5.69 Å². The van der Waals surface area contributed by atoms with Crippen molar-refractivity contribution < 1.29 is 4.92 Å². The summed E-state index contributed by atoms with van der Waals surface area (Å²) in [5, 5.41) is 15.6. The lowest BCUT2D eigenvalue weighted by atomic mass is 10.1. The van der Waals surface area contributed by atoms with Crippen LogP contribution in [-0.4, -0.2) is 10.6 Å². The van der Waals surface area contributed by atoms with Crippen molar-refractivity contribution in [2.75, 3.05) is 5.43 Å². The Balaban J connectivity index is 2.19. The van der Waals surface area contributed by atoms with E-state index in [-0.39, 0.29) is 5.69 Å². The summed E-state index contributed by atoms with van der Waals surface area (Å²) < 4.78 is 0. The van der Waals surface area contributed by atoms with Gasteiger partial charge in [0.05, 0.1) is 16.3 Å². The van der Waals surface area contributed by atoms with Gasteiger partial charge in [-0.3, -0.25) is 15.5 Å². The molecular weight excluding hydrogens is 290 g/mol. The number of anilines is 1. The quantitative estimate of drug-likeness (QED) is 0.517. The Labute approximate surface area is 127 Å². The smallest absolute Gasteiger partial charge is 0.270 e. The largest absolute Gasteiger partial charge is 0.278 e. The fraction of sp³-hybridized carbons (Fsp3) is 0.133. The van der Waals surface area contributed by atoms with Gasteiger partial charge in [0, 0.05) is 22.7 Å². The lowest BCUT2D eigenvalue weighted by Crippen LogP contribution is -2.00. The molecule has 0 saturated carbocycles. The molecule has 21 heavy (non-hydrogen) atoms. The number of halogens is 1. The van der Waals surface area contributed by atoms with Crippen molar-refractivity contribution in [1.29, 1.82) is 0 Å². The molecule has 0 radical (unpaired) electrons. The van der Waals surface area contributed by atoms with Gasteiger partial charge in [-0.1, -0.05) is 29.8 Å². The molecule has 0 aliphatic carbocycles. The van der Waals surface area contributed by atoms with Crippen molar-refractivity contribution in [1.82, 2.24) is 0 Å². The monoisotopic (exact) mass is 303 g/mol. The SMILES string of the molecule is C/C(=N\Nc1ccc(C)c(Cl)c1)c1cccc([N+](=O)[O-])c1. The minimum Gasteiger partial charge on any atom is -0.278 e. The molecule has 0 heterocycles. The number of nitro groups is 1. The molecular formula is C15H14ClN3O2. The maximum atomic E-state index is 10.8. The van der Waals surface area contributed by atoms with E-state index in [1.165, 1.54) is 12.1 Å². The van der Waals surface area contributed by atoms with Crippen molar-refractivity contribution in [3.63, 3.8) is 0 Å². The average molecular weight is 304 g/mol. The summed E-state index contributed by atoms with van der Waals surface area (Å²) >= 11 is 6.04. The highest BCUT2D eigenvalue weighted by Crippen LogP contribution is 2.20. The Morgan fingerprint density at radius 3 is 2.71 bits per heavy atom. The number of nitrogens with one attached hydrogen (secondary N) is 1. The number of hydrazone groups is 1. The molecule has 108 valence electrons. The molecule has 0 fully saturated rings. The number of hydrogen-bond donors (Lipinski definition) is 1. The number of rotatable bonds is 4. The summed E-state index contributed by atoms with van der Waals surface area (Å²) in [5.41, 5.74) is 6.02. The van der Waals surface area contributed by atoms with Gasteiger partial charge in [0.1, 0.15) is 0 Å². The Kier molecular flexibility index (Phi) is 4.55. The van der Waals surface area contributed by atoms with E-state index in [1.807, 2.05) is 19.1 Å². The first kappa shape index (κ1) is 15.0. The maximum absolute atomic E-state index is 10.8. The number of nitro benzene ring substituents is 1. The summed E-state index contributed by atoms with van der Waals surface area (Å²) in [7, 11) is 0. The molecule has 0 aromatic heterocycles. The van der Waals surface area contributed by atoms with Crippen molar-refractivity contribution in [2.24, 2.45) is 5.10 Å². The van der Waals surface area contributed by atoms with Crippen molar-refractivity contribution in [3.05, 3.63) is 68.7 Å². The van der Waals surface area contributed by atoms with Crippen LogP contribution in [0.25, 0.3) is 0 Å². The van der Waals surface area contributed by atoms with Crippen molar-refractivity contribution in [3.8, 4) is 0 Å². The number of non-ortho nitro benzene ring substituents is 1. The fourth-order valence-electron chi connectivity index (χ4n) is 1.72. The van der Waals surface area contributed by atoms with Gasteiger partial charge >= 0.3 is 0 Å². The molecule has 1 N–H and O–H groups in total. The van der Waals surface area contributed by atoms with E-state index in [0.717, 1.165) is 11.3 Å². The van der Waals surface area contributed by atoms with E-state index in [0.29, 0.717) is 16.3 Å². The van der Waals surface area contributed by atoms with Crippen molar-refractivity contribution >= 4 is 28.7 Å². The van der Waals surface area contributed by atoms with E-state index >= 15 is 0 Å². The van der Waals surface area contributed by atoms with Crippen molar-refractivity contribution in [2.45, 2.75) is 13.8 Å². The lowest BCUT2D eigenvalue weighted by molar-refractivity contribution is -0.384. The van der Waals surface area contributed by atoms with Crippen LogP contribution in [0.4, 0.5) is 11.4 Å². The lowest BCUT2D eigenvalue weighted by Gasteiger charge is -2.05. The number of nitrogens with zero attached hydrogens (tertiary/aromatic N) is 2. The van der Waals surface area contributed by atoms with Gasteiger partial charge in [-0.25, -0.2) is 0 Å². The van der Waals surface area contributed by atoms with Gasteiger partial charge in [-0.05, 0) is 31.5 Å². The van der Waals surface area contributed by atoms with Crippen LogP contribution in [0.15, 0.2) is 47.6 Å². The standard InChI is InChI=1S/C15H14ClN3O2/c1-10-6-7-13(9-15(10)16)18-17-11(2)12-4-3-5-14(8-12)19(20)21/h3-9,18H,1-2H3/b17-11+. The topological polar surface area (TPSA) is 67.5 Å². The van der Waals surface area contributed by atoms with Crippen LogP contribution in [0.5, 0.6) is 0 Å². The first-order valence-corrected chi connectivity index (χ1v) is 6.66. The van der Waals surface area contributed by atoms with Gasteiger partial charge in [0.2, 0.25) is 0 Å². The molecule has 6 heteroatoms. The molecule has 0 amide bonds. The van der Waals surface area contributed by atoms with Crippen LogP contribution in [0.3, 0.4) is 0 Å². The third kappa shape index (κ3) is 3.79. The predicted octanol–water partition coefficient (Wildman–Crippen LogP) is 4.39. The second kappa shape index (κ2) is 6.37. The van der Waals surface area contributed by atoms with Crippen LogP contribution in [0, 0.1) is 17.0 Å². The summed E-state index contributed by atoms with van der Waals surface area (Å²) in [4.78, 5) is 10.3. The zero-order valence-electron chi connectivity index (χ0n) is 11.6. The molecule has 0 aliphatic heterocycles. The van der Waals surface area contributed by atoms with Crippen LogP contribution >= 0.6 is 11.6 Å². The van der Waals surface area contributed by atoms with Gasteiger partial charge < -0.3 is 0 Å². The molecule has 2 rings (SSSR count). The zero-order valence-corrected chi connectivity index (χ0v) is 12.4. The highest BCUT2D eigenvalue weighted by atomic mass is 35.5. The molecule has 0 spiro atoms. The van der Waals surface area contributed by atoms with E-state index in [1.54, 1.807) is 25.1 Å². The van der Waals surface area contributed by atoms with E-state index < -0.39 is 4.92 Å². The average Bonchev–Trinajstić information content (AvgIpc) is 2.48. The van der Waals surface area contributed by atoms with Crippen LogP contribution < -0.4 is 5.43 Å². The molecule has 0 saturated heterocycles. The second-order valence-corrected chi connectivity index (χ2v) is 4.99. The van der Waals surface area contributed by atoms with Gasteiger partial charge in [0.15, 0.2) is 0 Å². The summed E-state index contributed by atoms with van der Waals surface area (Å²) in [6.45, 7) is 3.70. The van der Waals surface area contributed by atoms with E-state index in [9.17, 15) is 10.1 Å². The van der Waals surface area contributed by atoms with E-state index in [4.69, 9.17) is 11.6 Å². The third-order valence-electron chi connectivity index (χ3n) is 3.00. The number of benzene rings is 2. The molecule has 5 nitrogen and oxygen atoms in total. The normalized spacial score (nSPS) is 11.3. The number of aryl methyl sites for hydroxylation is 1. The Bertz CT molecular complexity index is 714. The van der Waals surface area contributed by atoms with Crippen LogP contribution in [-0.2, 0) is 0 Å². The Morgan fingerprint density at radius 2 is 2.05 bits per heavy atom. The van der Waals surface area contributed by atoms with Gasteiger partial charge in [-0.15, -0.1) is 0 Å². The molecule has 0 aliphatic rings. The minimum atomic E-state index is -0.427. The maximum Gasteiger partial charge on any atom is 0.270 e. The fourth-order valence-corrected chi connectivity index (χ4v) is 1.90. The van der Waals surface area contributed by atoms with Crippen LogP contribution in [0.2, 0.25) is 5.02 Å². The van der Waals surface area contributed by atoms with E-state index in [2.05, 4.69) is 10.5 Å². The molecule has 0 bridgehead atoms. The summed E-state index contributed by atoms with van der Waals surface area (Å²) in [6, 6.07) is 11.9. The Hall–Kier alpha value is -2.40. The summed E-state index contributed by atoms with van der Waals surface area (Å²) in [6.07, 6.45) is 0. The van der Waals surface area contributed by atoms with Gasteiger partial charge in [-0.2, -0.15) is 5.10 Å². The highest BCUT2D eigenvalue weighted by molar-refractivity contribution is 6.31. The first-order chi connectivity index (χ1) is 9.97.